The number of aryl methyl sites for hydroxylation is 2. The molecule has 164 valence electrons. The molecule has 2 N–H and O–H groups in total. The van der Waals surface area contributed by atoms with Gasteiger partial charge < -0.3 is 15.4 Å². The number of pyridine rings is 1. The van der Waals surface area contributed by atoms with Gasteiger partial charge in [0.2, 0.25) is 0 Å². The van der Waals surface area contributed by atoms with Crippen molar-refractivity contribution in [2.75, 3.05) is 11.9 Å². The molecule has 9 heteroatoms. The van der Waals surface area contributed by atoms with E-state index in [1.54, 1.807) is 41.1 Å². The molecule has 0 unspecified atom stereocenters. The van der Waals surface area contributed by atoms with Gasteiger partial charge >= 0.3 is 5.97 Å². The summed E-state index contributed by atoms with van der Waals surface area (Å²) in [6.07, 6.45) is 3.37. The third kappa shape index (κ3) is 5.18. The number of carbonyl (C=O) groups is 3. The molecule has 1 aliphatic carbocycles. The standard InChI is InChI=1S/C23H23N5O4/c1-14-10-15(2)28(27-14)20-9-6-17(12-24-20)23(31)32-13-21(29)25-19-5-3-4-16(11-19)22(30)26-18-7-8-18/h3-6,9-12,18H,7-8,13H2,1-2H3,(H,25,29)(H,26,30). The molecule has 9 nitrogen and oxygen atoms in total. The predicted octanol–water partition coefficient (Wildman–Crippen LogP) is 2.57. The molecule has 0 bridgehead atoms. The van der Waals surface area contributed by atoms with Crippen LogP contribution in [0.5, 0.6) is 0 Å². The van der Waals surface area contributed by atoms with E-state index < -0.39 is 18.5 Å². The summed E-state index contributed by atoms with van der Waals surface area (Å²) in [5.74, 6) is -0.766. The Labute approximate surface area is 184 Å². The number of aromatic nitrogens is 3. The first-order valence-electron chi connectivity index (χ1n) is 10.3. The third-order valence-corrected chi connectivity index (χ3v) is 4.87. The maximum atomic E-state index is 12.3. The normalized spacial score (nSPS) is 12.8. The van der Waals surface area contributed by atoms with E-state index in [9.17, 15) is 14.4 Å². The first-order chi connectivity index (χ1) is 15.4. The predicted molar refractivity (Wildman–Crippen MR) is 117 cm³/mol. The minimum Gasteiger partial charge on any atom is -0.452 e. The van der Waals surface area contributed by atoms with Crippen molar-refractivity contribution in [2.24, 2.45) is 0 Å². The van der Waals surface area contributed by atoms with Crippen molar-refractivity contribution in [3.05, 3.63) is 71.2 Å². The van der Waals surface area contributed by atoms with Gasteiger partial charge in [0.1, 0.15) is 0 Å². The van der Waals surface area contributed by atoms with Gasteiger partial charge in [0.05, 0.1) is 11.3 Å². The van der Waals surface area contributed by atoms with Crippen LogP contribution in [0.3, 0.4) is 0 Å². The van der Waals surface area contributed by atoms with Crippen molar-refractivity contribution >= 4 is 23.5 Å². The van der Waals surface area contributed by atoms with Gasteiger partial charge in [-0.25, -0.2) is 14.5 Å². The highest BCUT2D eigenvalue weighted by Crippen LogP contribution is 2.20. The van der Waals surface area contributed by atoms with E-state index in [0.29, 0.717) is 17.1 Å². The maximum absolute atomic E-state index is 12.3. The van der Waals surface area contributed by atoms with Crippen molar-refractivity contribution < 1.29 is 19.1 Å². The van der Waals surface area contributed by atoms with Gasteiger partial charge in [0, 0.05) is 29.2 Å². The lowest BCUT2D eigenvalue weighted by Gasteiger charge is -2.09. The molecule has 0 atom stereocenters. The number of amides is 2. The van der Waals surface area contributed by atoms with Gasteiger partial charge in [-0.1, -0.05) is 6.07 Å². The molecule has 1 fully saturated rings. The highest BCUT2D eigenvalue weighted by atomic mass is 16.5. The number of nitrogens with one attached hydrogen (secondary N) is 2. The Morgan fingerprint density at radius 1 is 1.09 bits per heavy atom. The van der Waals surface area contributed by atoms with Crippen molar-refractivity contribution in [1.82, 2.24) is 20.1 Å². The van der Waals surface area contributed by atoms with E-state index in [0.717, 1.165) is 24.2 Å². The molecule has 2 aromatic heterocycles. The summed E-state index contributed by atoms with van der Waals surface area (Å²) < 4.78 is 6.76. The molecule has 1 aliphatic rings. The van der Waals surface area contributed by atoms with Crippen molar-refractivity contribution in [3.63, 3.8) is 0 Å². The average Bonchev–Trinajstić information content (AvgIpc) is 3.53. The van der Waals surface area contributed by atoms with Crippen LogP contribution in [0.2, 0.25) is 0 Å². The molecule has 2 amide bonds. The second-order valence-corrected chi connectivity index (χ2v) is 7.70. The first kappa shape index (κ1) is 21.2. The number of esters is 1. The van der Waals surface area contributed by atoms with Crippen LogP contribution in [0.1, 0.15) is 44.9 Å². The Hall–Kier alpha value is -4.01. The van der Waals surface area contributed by atoms with E-state index in [2.05, 4.69) is 20.7 Å². The Kier molecular flexibility index (Phi) is 5.98. The first-order valence-corrected chi connectivity index (χ1v) is 10.3. The summed E-state index contributed by atoms with van der Waals surface area (Å²) in [6.45, 7) is 3.34. The molecule has 3 aromatic rings. The monoisotopic (exact) mass is 433 g/mol. The number of hydrogen-bond donors (Lipinski definition) is 2. The number of carbonyl (C=O) groups excluding carboxylic acids is 3. The summed E-state index contributed by atoms with van der Waals surface area (Å²) in [6, 6.07) is 12.0. The van der Waals surface area contributed by atoms with E-state index >= 15 is 0 Å². The molecule has 0 saturated heterocycles. The lowest BCUT2D eigenvalue weighted by molar-refractivity contribution is -0.119. The topological polar surface area (TPSA) is 115 Å². The van der Waals surface area contributed by atoms with Crippen LogP contribution < -0.4 is 10.6 Å². The van der Waals surface area contributed by atoms with Crippen LogP contribution >= 0.6 is 0 Å². The molecule has 0 radical (unpaired) electrons. The zero-order valence-electron chi connectivity index (χ0n) is 17.8. The summed E-state index contributed by atoms with van der Waals surface area (Å²) in [5.41, 5.74) is 2.93. The fourth-order valence-electron chi connectivity index (χ4n) is 3.14. The number of nitrogens with zero attached hydrogens (tertiary/aromatic N) is 3. The zero-order valence-corrected chi connectivity index (χ0v) is 17.8. The van der Waals surface area contributed by atoms with Crippen LogP contribution in [0.15, 0.2) is 48.7 Å². The van der Waals surface area contributed by atoms with Gasteiger partial charge in [-0.15, -0.1) is 0 Å². The fraction of sp³-hybridized carbons (Fsp3) is 0.261. The number of hydrogen-bond acceptors (Lipinski definition) is 6. The molecule has 4 rings (SSSR count). The average molecular weight is 433 g/mol. The number of rotatable bonds is 7. The van der Waals surface area contributed by atoms with Gasteiger partial charge in [-0.05, 0) is 63.1 Å². The minimum atomic E-state index is -0.662. The van der Waals surface area contributed by atoms with Crippen LogP contribution in [-0.2, 0) is 9.53 Å². The Morgan fingerprint density at radius 3 is 2.56 bits per heavy atom. The highest BCUT2D eigenvalue weighted by Gasteiger charge is 2.23. The fourth-order valence-corrected chi connectivity index (χ4v) is 3.14. The van der Waals surface area contributed by atoms with Crippen LogP contribution in [-0.4, -0.2) is 45.2 Å². The Morgan fingerprint density at radius 2 is 1.91 bits per heavy atom. The number of anilines is 1. The minimum absolute atomic E-state index is 0.175. The SMILES string of the molecule is Cc1cc(C)n(-c2ccc(C(=O)OCC(=O)Nc3cccc(C(=O)NC4CC4)c3)cn2)n1. The largest absolute Gasteiger partial charge is 0.452 e. The molecule has 0 aliphatic heterocycles. The Balaban J connectivity index is 1.30. The third-order valence-electron chi connectivity index (χ3n) is 4.87. The van der Waals surface area contributed by atoms with Crippen molar-refractivity contribution in [1.29, 1.82) is 0 Å². The van der Waals surface area contributed by atoms with E-state index in [-0.39, 0.29) is 17.5 Å². The quantitative estimate of drug-likeness (QED) is 0.554. The summed E-state index contributed by atoms with van der Waals surface area (Å²) in [5, 5.41) is 9.87. The maximum Gasteiger partial charge on any atom is 0.340 e. The molecule has 1 saturated carbocycles. The summed E-state index contributed by atoms with van der Waals surface area (Å²) >= 11 is 0. The smallest absolute Gasteiger partial charge is 0.340 e. The van der Waals surface area contributed by atoms with Crippen LogP contribution in [0, 0.1) is 13.8 Å². The number of benzene rings is 1. The molecule has 0 spiro atoms. The van der Waals surface area contributed by atoms with Crippen LogP contribution in [0.4, 0.5) is 5.69 Å². The summed E-state index contributed by atoms with van der Waals surface area (Å²) in [7, 11) is 0. The van der Waals surface area contributed by atoms with Gasteiger partial charge in [-0.3, -0.25) is 9.59 Å². The van der Waals surface area contributed by atoms with E-state index in [4.69, 9.17) is 4.74 Å². The zero-order chi connectivity index (χ0) is 22.7. The molecular weight excluding hydrogens is 410 g/mol. The lowest BCUT2D eigenvalue weighted by Crippen LogP contribution is -2.25. The lowest BCUT2D eigenvalue weighted by atomic mass is 10.2. The van der Waals surface area contributed by atoms with Crippen LogP contribution in [0.25, 0.3) is 5.82 Å². The van der Waals surface area contributed by atoms with Gasteiger partial charge in [-0.2, -0.15) is 5.10 Å². The van der Waals surface area contributed by atoms with Gasteiger partial charge in [0.15, 0.2) is 12.4 Å². The molecule has 32 heavy (non-hydrogen) atoms. The number of ether oxygens (including phenoxy) is 1. The van der Waals surface area contributed by atoms with E-state index in [1.807, 2.05) is 19.9 Å². The second kappa shape index (κ2) is 9.01. The van der Waals surface area contributed by atoms with Crippen molar-refractivity contribution in [3.8, 4) is 5.82 Å². The highest BCUT2D eigenvalue weighted by molar-refractivity contribution is 5.98. The molecular formula is C23H23N5O4. The van der Waals surface area contributed by atoms with Gasteiger partial charge in [0.25, 0.3) is 11.8 Å². The molecule has 1 aromatic carbocycles. The van der Waals surface area contributed by atoms with Crippen molar-refractivity contribution in [2.45, 2.75) is 32.7 Å². The Bertz CT molecular complexity index is 1170. The molecule has 2 heterocycles. The second-order valence-electron chi connectivity index (χ2n) is 7.70. The summed E-state index contributed by atoms with van der Waals surface area (Å²) in [4.78, 5) is 40.8. The van der Waals surface area contributed by atoms with E-state index in [1.165, 1.54) is 6.20 Å².